The normalized spacial score (nSPS) is 21.4. The van der Waals surface area contributed by atoms with Crippen LogP contribution in [-0.4, -0.2) is 115 Å². The van der Waals surface area contributed by atoms with Crippen LogP contribution in [0.5, 0.6) is 0 Å². The summed E-state index contributed by atoms with van der Waals surface area (Å²) in [6.07, 6.45) is -12.4. The second-order valence-electron chi connectivity index (χ2n) is 20.0. The lowest BCUT2D eigenvalue weighted by Crippen LogP contribution is -2.74. The van der Waals surface area contributed by atoms with Crippen molar-refractivity contribution in [2.24, 2.45) is 0 Å². The molecule has 5 amide bonds. The summed E-state index contributed by atoms with van der Waals surface area (Å²) in [5.41, 5.74) is 4.46. The fraction of sp³-hybridized carbons (Fsp3) is 0.349. The number of hydrogen-bond acceptors (Lipinski definition) is 15. The minimum atomic E-state index is -1.91. The second-order valence-corrected chi connectivity index (χ2v) is 20.0. The lowest BCUT2D eigenvalue weighted by atomic mass is 9.80. The van der Waals surface area contributed by atoms with Crippen LogP contribution in [0.4, 0.5) is 19.2 Å². The highest BCUT2D eigenvalue weighted by molar-refractivity contribution is 5.81. The van der Waals surface area contributed by atoms with E-state index >= 15 is 0 Å². The highest BCUT2D eigenvalue weighted by Gasteiger charge is 2.54. The standard InChI is InChI=1S/C63H71N5O15/c69-54-52(67-58(71)51(76-37-43-20-7-1-8-21-43)32-19-35-64-60(72)78-39-45-24-11-3-12-25-45)56(77-38-44-22-9-2-10-23-44)53(68-63(75)81-42-48-30-17-6-18-31-48)57(55(54)70)83-59-50(66-62(74)80-41-47-28-15-5-16-29-47)34-33-49(82-59)36-65-61(73)79-40-46-26-13-4-14-27-46/h1-18,20-31,49-57,59,69-70H,19,32-42H2,(H,64,72)(H,65,73)(H,66,74)(H,67,71)(H,68,75)/t49?,50?,51-,52-,53-,54+,55?,56?,57?,59-/m0/s1. The molecule has 20 nitrogen and oxygen atoms in total. The molecule has 0 spiro atoms. The maximum Gasteiger partial charge on any atom is 0.407 e. The van der Waals surface area contributed by atoms with Gasteiger partial charge < -0.3 is 74.7 Å². The Morgan fingerprint density at radius 3 is 1.40 bits per heavy atom. The molecule has 20 heteroatoms. The van der Waals surface area contributed by atoms with Crippen molar-refractivity contribution >= 4 is 30.3 Å². The quantitative estimate of drug-likeness (QED) is 0.0205. The number of carbonyl (C=O) groups excluding carboxylic acids is 5. The molecule has 10 atom stereocenters. The summed E-state index contributed by atoms with van der Waals surface area (Å²) in [6.45, 7) is -0.158. The van der Waals surface area contributed by atoms with Crippen molar-refractivity contribution in [3.63, 3.8) is 0 Å². The number of aliphatic hydroxyl groups excluding tert-OH is 2. The smallest absolute Gasteiger partial charge is 0.407 e. The average Bonchev–Trinajstić information content (AvgIpc) is 2.86. The van der Waals surface area contributed by atoms with Crippen LogP contribution < -0.4 is 26.6 Å². The molecule has 1 aliphatic heterocycles. The van der Waals surface area contributed by atoms with Gasteiger partial charge in [0.05, 0.1) is 37.4 Å². The summed E-state index contributed by atoms with van der Waals surface area (Å²) in [5.74, 6) is -0.701. The van der Waals surface area contributed by atoms with Crippen LogP contribution in [-0.2, 0) is 82.3 Å². The predicted molar refractivity (Wildman–Crippen MR) is 302 cm³/mol. The summed E-state index contributed by atoms with van der Waals surface area (Å²) in [5, 5.41) is 38.9. The van der Waals surface area contributed by atoms with Crippen molar-refractivity contribution in [3.8, 4) is 0 Å². The van der Waals surface area contributed by atoms with Crippen molar-refractivity contribution in [2.45, 2.75) is 126 Å². The molecule has 6 aromatic rings. The summed E-state index contributed by atoms with van der Waals surface area (Å²) in [6, 6.07) is 50.7. The molecule has 6 aromatic carbocycles. The number of hydrogen-bond donors (Lipinski definition) is 7. The summed E-state index contributed by atoms with van der Waals surface area (Å²) in [7, 11) is 0. The molecule has 0 aromatic heterocycles. The van der Waals surface area contributed by atoms with E-state index in [9.17, 15) is 34.2 Å². The van der Waals surface area contributed by atoms with Gasteiger partial charge in [0.2, 0.25) is 5.91 Å². The van der Waals surface area contributed by atoms with Crippen LogP contribution in [0.2, 0.25) is 0 Å². The number of amides is 5. The SMILES string of the molecule is O=C(NCCC[C@H](OCc1ccccc1)C(=O)N[C@@H]1C(OCc2ccccc2)[C@H](NC(=O)OCc2ccccc2)C(O[C@@H]2OC(CNC(=O)OCc3ccccc3)CCC2NC(=O)OCc2ccccc2)C(O)[C@@H]1O)OCc1ccccc1. The molecule has 0 bridgehead atoms. The highest BCUT2D eigenvalue weighted by atomic mass is 16.7. The summed E-state index contributed by atoms with van der Waals surface area (Å²) in [4.78, 5) is 68.1. The lowest BCUT2D eigenvalue weighted by molar-refractivity contribution is -0.269. The molecule has 1 saturated heterocycles. The minimum absolute atomic E-state index is 0.0182. The zero-order valence-electron chi connectivity index (χ0n) is 45.8. The van der Waals surface area contributed by atoms with Crippen LogP contribution >= 0.6 is 0 Å². The van der Waals surface area contributed by atoms with E-state index in [1.165, 1.54) is 0 Å². The van der Waals surface area contributed by atoms with Crippen molar-refractivity contribution in [1.29, 1.82) is 0 Å². The van der Waals surface area contributed by atoms with Gasteiger partial charge in [-0.2, -0.15) is 0 Å². The average molecular weight is 1140 g/mol. The molecule has 2 aliphatic rings. The van der Waals surface area contributed by atoms with Crippen LogP contribution in [0.1, 0.15) is 59.1 Å². The first-order valence-corrected chi connectivity index (χ1v) is 27.7. The third kappa shape index (κ3) is 19.7. The van der Waals surface area contributed by atoms with E-state index in [1.807, 2.05) is 121 Å². The van der Waals surface area contributed by atoms with Gasteiger partial charge in [0, 0.05) is 13.1 Å². The van der Waals surface area contributed by atoms with Crippen LogP contribution in [0.3, 0.4) is 0 Å². The van der Waals surface area contributed by atoms with Crippen LogP contribution in [0, 0.1) is 0 Å². The van der Waals surface area contributed by atoms with Gasteiger partial charge in [0.1, 0.15) is 56.9 Å². The highest BCUT2D eigenvalue weighted by Crippen LogP contribution is 2.32. The number of carbonyl (C=O) groups is 5. The first kappa shape index (κ1) is 60.7. The molecule has 8 rings (SSSR count). The number of rotatable bonds is 26. The van der Waals surface area contributed by atoms with E-state index in [0.717, 1.165) is 22.3 Å². The molecular weight excluding hydrogens is 1070 g/mol. The summed E-state index contributed by atoms with van der Waals surface area (Å²) < 4.78 is 48.3. The van der Waals surface area contributed by atoms with Crippen molar-refractivity contribution in [2.75, 3.05) is 13.1 Å². The molecule has 83 heavy (non-hydrogen) atoms. The van der Waals surface area contributed by atoms with E-state index in [0.29, 0.717) is 17.5 Å². The Labute approximate surface area is 482 Å². The topological polar surface area (TPSA) is 260 Å². The maximum atomic E-state index is 14.8. The van der Waals surface area contributed by atoms with E-state index < -0.39 is 91.3 Å². The zero-order chi connectivity index (χ0) is 58.0. The molecule has 438 valence electrons. The van der Waals surface area contributed by atoms with E-state index in [-0.39, 0.29) is 72.0 Å². The van der Waals surface area contributed by atoms with Crippen molar-refractivity contribution in [1.82, 2.24) is 26.6 Å². The Morgan fingerprint density at radius 1 is 0.470 bits per heavy atom. The fourth-order valence-electron chi connectivity index (χ4n) is 9.48. The third-order valence-electron chi connectivity index (χ3n) is 13.9. The molecule has 2 fully saturated rings. The third-order valence-corrected chi connectivity index (χ3v) is 13.9. The first-order valence-electron chi connectivity index (χ1n) is 27.7. The number of benzene rings is 6. The van der Waals surface area contributed by atoms with Gasteiger partial charge in [-0.05, 0) is 59.1 Å². The summed E-state index contributed by atoms with van der Waals surface area (Å²) >= 11 is 0. The monoisotopic (exact) mass is 1140 g/mol. The number of alkyl carbamates (subject to hydrolysis) is 4. The van der Waals surface area contributed by atoms with Crippen molar-refractivity contribution in [3.05, 3.63) is 215 Å². The van der Waals surface area contributed by atoms with Gasteiger partial charge >= 0.3 is 24.4 Å². The molecule has 0 radical (unpaired) electrons. The molecular formula is C63H71N5O15. The van der Waals surface area contributed by atoms with Gasteiger partial charge in [-0.3, -0.25) is 4.79 Å². The Bertz CT molecular complexity index is 2900. The Balaban J connectivity index is 1.05. The van der Waals surface area contributed by atoms with E-state index in [4.69, 9.17) is 37.9 Å². The zero-order valence-corrected chi connectivity index (χ0v) is 45.8. The lowest BCUT2D eigenvalue weighted by Gasteiger charge is -2.49. The minimum Gasteiger partial charge on any atom is -0.445 e. The van der Waals surface area contributed by atoms with Crippen LogP contribution in [0.15, 0.2) is 182 Å². The predicted octanol–water partition coefficient (Wildman–Crippen LogP) is 7.49. The van der Waals surface area contributed by atoms with Gasteiger partial charge in [0.15, 0.2) is 6.29 Å². The molecule has 5 unspecified atom stereocenters. The van der Waals surface area contributed by atoms with Gasteiger partial charge in [-0.15, -0.1) is 0 Å². The molecule has 1 heterocycles. The van der Waals surface area contributed by atoms with Gasteiger partial charge in [-0.25, -0.2) is 19.2 Å². The van der Waals surface area contributed by atoms with E-state index in [1.54, 1.807) is 60.7 Å². The Hall–Kier alpha value is -8.37. The fourth-order valence-corrected chi connectivity index (χ4v) is 9.48. The Morgan fingerprint density at radius 2 is 0.904 bits per heavy atom. The van der Waals surface area contributed by atoms with E-state index in [2.05, 4.69) is 26.6 Å². The van der Waals surface area contributed by atoms with Crippen LogP contribution in [0.25, 0.3) is 0 Å². The van der Waals surface area contributed by atoms with Gasteiger partial charge in [-0.1, -0.05) is 182 Å². The molecule has 7 N–H and O–H groups in total. The maximum absolute atomic E-state index is 14.8. The second kappa shape index (κ2) is 32.3. The molecule has 1 saturated carbocycles. The first-order chi connectivity index (χ1) is 40.5. The van der Waals surface area contributed by atoms with Crippen molar-refractivity contribution < 1.29 is 72.1 Å². The largest absolute Gasteiger partial charge is 0.445 e. The molecule has 1 aliphatic carbocycles. The number of aliphatic hydroxyl groups is 2. The number of nitrogens with one attached hydrogen (secondary N) is 5. The van der Waals surface area contributed by atoms with Gasteiger partial charge in [0.25, 0.3) is 0 Å². The Kier molecular flexibility index (Phi) is 23.6. The number of ether oxygens (including phenoxy) is 8.